The molecule has 1 atom stereocenters. The first-order valence-electron chi connectivity index (χ1n) is 9.51. The number of ether oxygens (including phenoxy) is 3. The number of hydrazone groups is 1. The first-order valence-corrected chi connectivity index (χ1v) is 10.5. The van der Waals surface area contributed by atoms with Gasteiger partial charge in [0, 0.05) is 16.5 Å². The van der Waals surface area contributed by atoms with Crippen molar-refractivity contribution in [1.82, 2.24) is 10.3 Å². The Labute approximate surface area is 183 Å². The number of thioether (sulfide) groups is 1. The van der Waals surface area contributed by atoms with Crippen LogP contribution < -0.4 is 30.1 Å². The summed E-state index contributed by atoms with van der Waals surface area (Å²) in [6, 6.07) is 11.1. The van der Waals surface area contributed by atoms with Gasteiger partial charge >= 0.3 is 0 Å². The Morgan fingerprint density at radius 2 is 1.87 bits per heavy atom. The van der Waals surface area contributed by atoms with Crippen LogP contribution in [0.4, 0.5) is 0 Å². The highest BCUT2D eigenvalue weighted by molar-refractivity contribution is 8.14. The van der Waals surface area contributed by atoms with Crippen molar-refractivity contribution in [2.24, 2.45) is 10.1 Å². The number of carbonyl (C=O) groups excluding carboxylic acids is 1. The fourth-order valence-electron chi connectivity index (χ4n) is 3.50. The molecule has 9 heteroatoms. The van der Waals surface area contributed by atoms with Gasteiger partial charge in [-0.1, -0.05) is 36.0 Å². The van der Waals surface area contributed by atoms with E-state index in [0.29, 0.717) is 39.2 Å². The maximum Gasteiger partial charge on any atom is 0.276 e. The van der Waals surface area contributed by atoms with Gasteiger partial charge in [-0.05, 0) is 18.2 Å². The molecular formula is C22H22N4O4S. The van der Waals surface area contributed by atoms with Crippen molar-refractivity contribution in [2.75, 3.05) is 27.1 Å². The van der Waals surface area contributed by atoms with Crippen LogP contribution in [0.25, 0.3) is 5.70 Å². The lowest BCUT2D eigenvalue weighted by Crippen LogP contribution is -2.50. The summed E-state index contributed by atoms with van der Waals surface area (Å²) in [7, 11) is 4.67. The van der Waals surface area contributed by atoms with E-state index < -0.39 is 6.17 Å². The summed E-state index contributed by atoms with van der Waals surface area (Å²) in [6.45, 7) is 3.73. The Morgan fingerprint density at radius 1 is 1.16 bits per heavy atom. The number of nitrogens with one attached hydrogen (secondary N) is 1. The van der Waals surface area contributed by atoms with Gasteiger partial charge in [0.25, 0.3) is 5.91 Å². The molecule has 2 aromatic carbocycles. The summed E-state index contributed by atoms with van der Waals surface area (Å²) in [5.74, 6) is 1.86. The number of amides is 1. The van der Waals surface area contributed by atoms with Gasteiger partial charge in [-0.15, -0.1) is 11.7 Å². The van der Waals surface area contributed by atoms with Gasteiger partial charge in [-0.2, -0.15) is 0 Å². The molecule has 0 radical (unpaired) electrons. The molecule has 2 heterocycles. The lowest BCUT2D eigenvalue weighted by molar-refractivity contribution is -0.116. The average molecular weight is 439 g/mol. The molecule has 8 nitrogen and oxygen atoms in total. The highest BCUT2D eigenvalue weighted by Crippen LogP contribution is 2.42. The molecule has 0 saturated carbocycles. The zero-order valence-electron chi connectivity index (χ0n) is 17.4. The second-order valence-corrected chi connectivity index (χ2v) is 7.64. The number of fused-ring (bicyclic) bond motifs is 2. The molecule has 2 aliphatic rings. The van der Waals surface area contributed by atoms with E-state index in [1.165, 1.54) is 11.8 Å². The molecule has 0 aliphatic carbocycles. The number of amidine groups is 1. The van der Waals surface area contributed by atoms with Crippen LogP contribution in [0.5, 0.6) is 17.2 Å². The molecule has 160 valence electrons. The third kappa shape index (κ3) is 3.72. The van der Waals surface area contributed by atoms with Crippen LogP contribution in [0.3, 0.4) is 0 Å². The van der Waals surface area contributed by atoms with Crippen molar-refractivity contribution in [1.29, 1.82) is 0 Å². The molecule has 2 aromatic rings. The van der Waals surface area contributed by atoms with E-state index >= 15 is 0 Å². The van der Waals surface area contributed by atoms with Gasteiger partial charge in [0.2, 0.25) is 5.75 Å². The van der Waals surface area contributed by atoms with Crippen LogP contribution in [0.15, 0.2) is 59.1 Å². The van der Waals surface area contributed by atoms with E-state index in [9.17, 15) is 4.79 Å². The van der Waals surface area contributed by atoms with Crippen molar-refractivity contribution in [3.63, 3.8) is 0 Å². The van der Waals surface area contributed by atoms with Gasteiger partial charge in [0.15, 0.2) is 22.8 Å². The Kier molecular flexibility index (Phi) is 5.85. The van der Waals surface area contributed by atoms with Crippen LogP contribution >= 0.6 is 11.8 Å². The predicted molar refractivity (Wildman–Crippen MR) is 120 cm³/mol. The molecule has 0 saturated heterocycles. The van der Waals surface area contributed by atoms with Crippen molar-refractivity contribution >= 4 is 28.5 Å². The van der Waals surface area contributed by atoms with E-state index in [1.807, 2.05) is 36.4 Å². The second kappa shape index (κ2) is 8.73. The van der Waals surface area contributed by atoms with E-state index in [0.717, 1.165) is 10.8 Å². The molecule has 0 unspecified atom stereocenters. The van der Waals surface area contributed by atoms with Crippen LogP contribution in [-0.4, -0.2) is 43.2 Å². The number of carbonyl (C=O) groups is 1. The Balaban J connectivity index is 1.93. The summed E-state index contributed by atoms with van der Waals surface area (Å²) in [5.41, 5.74) is 1.18. The fourth-order valence-corrected chi connectivity index (χ4v) is 4.08. The first-order chi connectivity index (χ1) is 15.1. The zero-order valence-corrected chi connectivity index (χ0v) is 18.2. The number of benzene rings is 2. The van der Waals surface area contributed by atoms with Crippen molar-refractivity contribution in [3.8, 4) is 17.2 Å². The third-order valence-electron chi connectivity index (χ3n) is 4.84. The van der Waals surface area contributed by atoms with Crippen molar-refractivity contribution < 1.29 is 19.0 Å². The van der Waals surface area contributed by atoms with Gasteiger partial charge in [-0.25, -0.2) is 5.01 Å². The average Bonchev–Trinajstić information content (AvgIpc) is 2.80. The number of hydrogen-bond acceptors (Lipinski definition) is 8. The molecule has 0 fully saturated rings. The van der Waals surface area contributed by atoms with E-state index in [1.54, 1.807) is 32.4 Å². The second-order valence-electron chi connectivity index (χ2n) is 6.63. The normalized spacial score (nSPS) is 16.9. The number of methoxy groups -OCH3 is 3. The number of para-hydroxylation sites is 1. The fraction of sp³-hybridized carbons (Fsp3) is 0.227. The molecule has 0 bridgehead atoms. The van der Waals surface area contributed by atoms with Crippen LogP contribution in [0.2, 0.25) is 0 Å². The standard InChI is InChI=1S/C22H22N4O4S/c1-5-10-31-22-24-21(27)18-14-8-6-7-9-15(14)23-20(26(18)25-22)13-11-16(28-2)19(30-4)17(12-13)29-3/h5-9,11-12,20H,1,10H2,2-4H3,(H,24,25,27)/t20-/m0/s1. The molecule has 31 heavy (non-hydrogen) atoms. The Bertz CT molecular complexity index is 1170. The van der Waals surface area contributed by atoms with Gasteiger partial charge in [0.05, 0.1) is 26.7 Å². The van der Waals surface area contributed by atoms with E-state index in [-0.39, 0.29) is 5.91 Å². The predicted octanol–water partition coefficient (Wildman–Crippen LogP) is 1.77. The maximum atomic E-state index is 13.1. The van der Waals surface area contributed by atoms with Crippen LogP contribution in [0, 0.1) is 0 Å². The summed E-state index contributed by atoms with van der Waals surface area (Å²) in [5, 5.41) is 11.1. The Morgan fingerprint density at radius 3 is 2.52 bits per heavy atom. The number of nitrogens with zero attached hydrogens (tertiary/aromatic N) is 3. The van der Waals surface area contributed by atoms with Crippen LogP contribution in [-0.2, 0) is 4.79 Å². The van der Waals surface area contributed by atoms with E-state index in [4.69, 9.17) is 24.3 Å². The summed E-state index contributed by atoms with van der Waals surface area (Å²) in [6.07, 6.45) is 1.16. The molecule has 1 amide bonds. The van der Waals surface area contributed by atoms with Crippen molar-refractivity contribution in [2.45, 2.75) is 6.17 Å². The maximum absolute atomic E-state index is 13.1. The quantitative estimate of drug-likeness (QED) is 0.692. The minimum absolute atomic E-state index is 0.235. The van der Waals surface area contributed by atoms with Crippen LogP contribution in [0.1, 0.15) is 11.7 Å². The van der Waals surface area contributed by atoms with Gasteiger partial charge in [-0.3, -0.25) is 15.1 Å². The lowest BCUT2D eigenvalue weighted by Gasteiger charge is -2.34. The summed E-state index contributed by atoms with van der Waals surface area (Å²) >= 11 is 1.39. The lowest BCUT2D eigenvalue weighted by atomic mass is 10.1. The number of hydrogen-bond donors (Lipinski definition) is 1. The largest absolute Gasteiger partial charge is 0.493 e. The number of rotatable bonds is 6. The highest BCUT2D eigenvalue weighted by Gasteiger charge is 2.35. The van der Waals surface area contributed by atoms with Gasteiger partial charge in [0.1, 0.15) is 5.70 Å². The minimum atomic E-state index is -0.594. The summed E-state index contributed by atoms with van der Waals surface area (Å²) < 4.78 is 16.5. The zero-order chi connectivity index (χ0) is 22.0. The molecule has 4 rings (SSSR count). The molecule has 2 aliphatic heterocycles. The Hall–Kier alpha value is -3.46. The highest BCUT2D eigenvalue weighted by atomic mass is 32.2. The monoisotopic (exact) mass is 438 g/mol. The molecule has 0 aromatic heterocycles. The molecular weight excluding hydrogens is 416 g/mol. The van der Waals surface area contributed by atoms with Crippen molar-refractivity contribution in [3.05, 3.63) is 65.2 Å². The minimum Gasteiger partial charge on any atom is -0.493 e. The van der Waals surface area contributed by atoms with E-state index in [2.05, 4.69) is 11.9 Å². The topological polar surface area (TPSA) is 84.8 Å². The van der Waals surface area contributed by atoms with Gasteiger partial charge < -0.3 is 14.2 Å². The molecule has 1 N–H and O–H groups in total. The SMILES string of the molecule is C=CCSC1=NN2C(=c3ccccc3=N[C@@H]2c2cc(OC)c(OC)c(OC)c2)C(=O)N1. The third-order valence-corrected chi connectivity index (χ3v) is 5.70. The summed E-state index contributed by atoms with van der Waals surface area (Å²) in [4.78, 5) is 18.0. The smallest absolute Gasteiger partial charge is 0.276 e. The molecule has 0 spiro atoms. The first kappa shape index (κ1) is 20.8.